The second-order valence-electron chi connectivity index (χ2n) is 4.03. The molecule has 1 aromatic heterocycles. The van der Waals surface area contributed by atoms with Crippen molar-refractivity contribution in [1.29, 1.82) is 5.26 Å². The molecule has 0 aliphatic rings. The summed E-state index contributed by atoms with van der Waals surface area (Å²) in [5.74, 6) is -0.163. The highest BCUT2D eigenvalue weighted by Gasteiger charge is 2.12. The Balaban J connectivity index is 2.15. The Kier molecular flexibility index (Phi) is 4.30. The van der Waals surface area contributed by atoms with Crippen LogP contribution >= 0.6 is 0 Å². The van der Waals surface area contributed by atoms with Crippen LogP contribution in [-0.4, -0.2) is 22.2 Å². The molecule has 100 valence electrons. The summed E-state index contributed by atoms with van der Waals surface area (Å²) in [7, 11) is -1.64. The Morgan fingerprint density at radius 3 is 2.80 bits per heavy atom. The molecule has 0 aliphatic heterocycles. The van der Waals surface area contributed by atoms with Crippen LogP contribution in [0.1, 0.15) is 11.1 Å². The molecular formula is C13H10BFN2O3. The number of nitriles is 1. The summed E-state index contributed by atoms with van der Waals surface area (Å²) >= 11 is 0. The van der Waals surface area contributed by atoms with Crippen molar-refractivity contribution in [3.05, 3.63) is 53.6 Å². The molecule has 1 aromatic carbocycles. The lowest BCUT2D eigenvalue weighted by atomic mass is 9.82. The highest BCUT2D eigenvalue weighted by molar-refractivity contribution is 6.58. The van der Waals surface area contributed by atoms with Crippen LogP contribution in [0.5, 0.6) is 5.75 Å². The van der Waals surface area contributed by atoms with Gasteiger partial charge in [-0.05, 0) is 24.3 Å². The van der Waals surface area contributed by atoms with Crippen molar-refractivity contribution in [2.75, 3.05) is 0 Å². The molecule has 0 fully saturated rings. The van der Waals surface area contributed by atoms with Gasteiger partial charge in [-0.2, -0.15) is 5.26 Å². The van der Waals surface area contributed by atoms with Gasteiger partial charge in [0.05, 0.1) is 17.8 Å². The van der Waals surface area contributed by atoms with Crippen molar-refractivity contribution in [3.8, 4) is 11.8 Å². The van der Waals surface area contributed by atoms with Crippen molar-refractivity contribution in [1.82, 2.24) is 4.98 Å². The van der Waals surface area contributed by atoms with Crippen molar-refractivity contribution in [2.45, 2.75) is 6.61 Å². The number of benzene rings is 1. The number of halogens is 1. The number of ether oxygens (including phenoxy) is 1. The maximum absolute atomic E-state index is 13.1. The van der Waals surface area contributed by atoms with Gasteiger partial charge in [-0.25, -0.2) is 4.39 Å². The van der Waals surface area contributed by atoms with E-state index in [0.29, 0.717) is 16.9 Å². The van der Waals surface area contributed by atoms with Crippen LogP contribution in [0, 0.1) is 17.1 Å². The highest BCUT2D eigenvalue weighted by Crippen LogP contribution is 2.14. The van der Waals surface area contributed by atoms with E-state index >= 15 is 0 Å². The molecular weight excluding hydrogens is 262 g/mol. The van der Waals surface area contributed by atoms with E-state index in [-0.39, 0.29) is 12.1 Å². The highest BCUT2D eigenvalue weighted by atomic mass is 19.1. The van der Waals surface area contributed by atoms with Gasteiger partial charge < -0.3 is 14.8 Å². The minimum absolute atomic E-state index is 0.0205. The third-order valence-electron chi connectivity index (χ3n) is 2.61. The lowest BCUT2D eigenvalue weighted by Crippen LogP contribution is -2.30. The summed E-state index contributed by atoms with van der Waals surface area (Å²) in [6, 6.07) is 7.15. The normalized spacial score (nSPS) is 9.90. The van der Waals surface area contributed by atoms with Crippen molar-refractivity contribution in [3.63, 3.8) is 0 Å². The van der Waals surface area contributed by atoms with E-state index in [2.05, 4.69) is 4.98 Å². The number of pyridine rings is 1. The summed E-state index contributed by atoms with van der Waals surface area (Å²) in [5.41, 5.74) is 0.905. The van der Waals surface area contributed by atoms with Gasteiger partial charge >= 0.3 is 7.12 Å². The van der Waals surface area contributed by atoms with Gasteiger partial charge in [-0.3, -0.25) is 4.98 Å². The van der Waals surface area contributed by atoms with E-state index in [0.717, 1.165) is 0 Å². The largest absolute Gasteiger partial charge is 0.490 e. The lowest BCUT2D eigenvalue weighted by molar-refractivity contribution is 0.304. The zero-order valence-corrected chi connectivity index (χ0v) is 10.3. The van der Waals surface area contributed by atoms with E-state index in [1.165, 1.54) is 36.7 Å². The Hall–Kier alpha value is -2.43. The first kappa shape index (κ1) is 14.0. The Bertz CT molecular complexity index is 658. The van der Waals surface area contributed by atoms with Gasteiger partial charge in [0.25, 0.3) is 0 Å². The number of hydrogen-bond donors (Lipinski definition) is 2. The molecule has 0 saturated carbocycles. The molecule has 0 spiro atoms. The molecule has 2 rings (SSSR count). The Labute approximate surface area is 115 Å². The smallest absolute Gasteiger partial charge is 0.487 e. The van der Waals surface area contributed by atoms with E-state index < -0.39 is 12.9 Å². The Morgan fingerprint density at radius 1 is 1.30 bits per heavy atom. The standard InChI is InChI=1S/C13H10BFN2O3/c15-12-2-1-9(5-16)10(3-12)8-20-13-4-11(14(18)19)6-17-7-13/h1-4,6-7,18-19H,8H2. The minimum atomic E-state index is -1.64. The SMILES string of the molecule is N#Cc1ccc(F)cc1COc1cncc(B(O)O)c1. The molecule has 5 nitrogen and oxygen atoms in total. The maximum atomic E-state index is 13.1. The van der Waals surface area contributed by atoms with Gasteiger partial charge in [0.15, 0.2) is 0 Å². The van der Waals surface area contributed by atoms with Crippen molar-refractivity contribution in [2.24, 2.45) is 0 Å². The monoisotopic (exact) mass is 272 g/mol. The van der Waals surface area contributed by atoms with E-state index in [4.69, 9.17) is 20.0 Å². The number of rotatable bonds is 4. The van der Waals surface area contributed by atoms with Gasteiger partial charge in [0.2, 0.25) is 0 Å². The fraction of sp³-hybridized carbons (Fsp3) is 0.0769. The number of hydrogen-bond acceptors (Lipinski definition) is 5. The molecule has 0 unspecified atom stereocenters. The fourth-order valence-corrected chi connectivity index (χ4v) is 1.61. The summed E-state index contributed by atoms with van der Waals surface area (Å²) in [4.78, 5) is 3.79. The van der Waals surface area contributed by atoms with Crippen molar-refractivity contribution >= 4 is 12.6 Å². The quantitative estimate of drug-likeness (QED) is 0.784. The molecule has 0 bridgehead atoms. The van der Waals surface area contributed by atoms with Gasteiger partial charge in [0, 0.05) is 17.2 Å². The molecule has 0 amide bonds. The third kappa shape index (κ3) is 3.32. The first-order valence-corrected chi connectivity index (χ1v) is 5.72. The van der Waals surface area contributed by atoms with Crippen LogP contribution in [-0.2, 0) is 6.61 Å². The minimum Gasteiger partial charge on any atom is -0.487 e. The summed E-state index contributed by atoms with van der Waals surface area (Å²) in [6.07, 6.45) is 2.68. The van der Waals surface area contributed by atoms with Crippen LogP contribution in [0.2, 0.25) is 0 Å². The van der Waals surface area contributed by atoms with Crippen LogP contribution in [0.3, 0.4) is 0 Å². The first-order chi connectivity index (χ1) is 9.60. The predicted molar refractivity (Wildman–Crippen MR) is 69.5 cm³/mol. The zero-order valence-electron chi connectivity index (χ0n) is 10.3. The topological polar surface area (TPSA) is 86.4 Å². The summed E-state index contributed by atoms with van der Waals surface area (Å²) in [5, 5.41) is 27.0. The summed E-state index contributed by atoms with van der Waals surface area (Å²) in [6.45, 7) is -0.0205. The second kappa shape index (κ2) is 6.15. The lowest BCUT2D eigenvalue weighted by Gasteiger charge is -2.08. The van der Waals surface area contributed by atoms with E-state index in [1.807, 2.05) is 6.07 Å². The Morgan fingerprint density at radius 2 is 2.10 bits per heavy atom. The maximum Gasteiger partial charge on any atom is 0.490 e. The van der Waals surface area contributed by atoms with E-state index in [9.17, 15) is 4.39 Å². The molecule has 20 heavy (non-hydrogen) atoms. The van der Waals surface area contributed by atoms with Crippen LogP contribution in [0.25, 0.3) is 0 Å². The second-order valence-corrected chi connectivity index (χ2v) is 4.03. The number of aromatic nitrogens is 1. The van der Waals surface area contributed by atoms with Crippen LogP contribution in [0.15, 0.2) is 36.7 Å². The molecule has 0 aliphatic carbocycles. The molecule has 0 atom stereocenters. The molecule has 0 radical (unpaired) electrons. The average molecular weight is 272 g/mol. The third-order valence-corrected chi connectivity index (χ3v) is 2.61. The molecule has 0 saturated heterocycles. The van der Waals surface area contributed by atoms with Crippen LogP contribution in [0.4, 0.5) is 4.39 Å². The molecule has 2 N–H and O–H groups in total. The first-order valence-electron chi connectivity index (χ1n) is 5.72. The molecule has 1 heterocycles. The van der Waals surface area contributed by atoms with E-state index in [1.54, 1.807) is 0 Å². The predicted octanol–water partition coefficient (Wildman–Crippen LogP) is 0.351. The average Bonchev–Trinajstić information content (AvgIpc) is 2.45. The van der Waals surface area contributed by atoms with Gasteiger partial charge in [-0.1, -0.05) is 0 Å². The zero-order chi connectivity index (χ0) is 14.5. The fourth-order valence-electron chi connectivity index (χ4n) is 1.61. The van der Waals surface area contributed by atoms with Crippen molar-refractivity contribution < 1.29 is 19.2 Å². The molecule has 2 aromatic rings. The van der Waals surface area contributed by atoms with Crippen LogP contribution < -0.4 is 10.2 Å². The van der Waals surface area contributed by atoms with Gasteiger partial charge in [0.1, 0.15) is 18.2 Å². The summed E-state index contributed by atoms with van der Waals surface area (Å²) < 4.78 is 18.5. The van der Waals surface area contributed by atoms with Gasteiger partial charge in [-0.15, -0.1) is 0 Å². The number of nitrogens with zero attached hydrogens (tertiary/aromatic N) is 2. The molecule has 7 heteroatoms.